The highest BCUT2D eigenvalue weighted by Gasteiger charge is 2.06. The number of carbonyl (C=O) groups is 1. The van der Waals surface area contributed by atoms with E-state index in [0.29, 0.717) is 26.0 Å². The lowest BCUT2D eigenvalue weighted by Crippen LogP contribution is -2.27. The molecule has 0 aliphatic rings. The Morgan fingerprint density at radius 2 is 1.96 bits per heavy atom. The van der Waals surface area contributed by atoms with Gasteiger partial charge in [0.05, 0.1) is 24.4 Å². The molecule has 0 bridgehead atoms. The number of amides is 1. The van der Waals surface area contributed by atoms with Crippen molar-refractivity contribution in [2.45, 2.75) is 12.8 Å². The van der Waals surface area contributed by atoms with Crippen LogP contribution < -0.4 is 10.1 Å². The summed E-state index contributed by atoms with van der Waals surface area (Å²) in [6, 6.07) is 15.3. The number of carbonyl (C=O) groups excluding carboxylic acids is 1. The molecule has 0 saturated carbocycles. The van der Waals surface area contributed by atoms with Gasteiger partial charge >= 0.3 is 0 Å². The van der Waals surface area contributed by atoms with Crippen LogP contribution >= 0.6 is 11.3 Å². The van der Waals surface area contributed by atoms with Gasteiger partial charge in [0.2, 0.25) is 5.91 Å². The van der Waals surface area contributed by atoms with Crippen LogP contribution in [-0.2, 0) is 11.2 Å². The van der Waals surface area contributed by atoms with Crippen molar-refractivity contribution in [1.82, 2.24) is 15.3 Å². The Hall–Kier alpha value is -2.73. The molecule has 0 spiro atoms. The topological polar surface area (TPSA) is 64.1 Å². The highest BCUT2D eigenvalue weighted by atomic mass is 32.1. The van der Waals surface area contributed by atoms with Crippen LogP contribution in [-0.4, -0.2) is 29.0 Å². The summed E-state index contributed by atoms with van der Waals surface area (Å²) in [5.41, 5.74) is 1.84. The van der Waals surface area contributed by atoms with Gasteiger partial charge in [-0.25, -0.2) is 4.98 Å². The molecule has 0 aliphatic heterocycles. The van der Waals surface area contributed by atoms with Gasteiger partial charge in [0, 0.05) is 24.5 Å². The van der Waals surface area contributed by atoms with Crippen molar-refractivity contribution in [2.24, 2.45) is 0 Å². The second-order valence-corrected chi connectivity index (χ2v) is 6.23. The van der Waals surface area contributed by atoms with Gasteiger partial charge in [-0.2, -0.15) is 0 Å². The molecule has 0 fully saturated rings. The summed E-state index contributed by atoms with van der Waals surface area (Å²) in [5, 5.41) is 5.81. The molecule has 128 valence electrons. The maximum atomic E-state index is 11.8. The summed E-state index contributed by atoms with van der Waals surface area (Å²) in [4.78, 5) is 20.7. The third-order valence-corrected chi connectivity index (χ3v) is 4.39. The fourth-order valence-corrected chi connectivity index (χ4v) is 3.06. The lowest BCUT2D eigenvalue weighted by atomic mass is 10.3. The molecule has 25 heavy (non-hydrogen) atoms. The summed E-state index contributed by atoms with van der Waals surface area (Å²) in [6.07, 6.45) is 2.80. The van der Waals surface area contributed by atoms with Crippen LogP contribution in [0.5, 0.6) is 5.75 Å². The molecule has 0 aliphatic carbocycles. The second-order valence-electron chi connectivity index (χ2n) is 5.37. The Balaban J connectivity index is 1.36. The van der Waals surface area contributed by atoms with Gasteiger partial charge in [-0.3, -0.25) is 9.78 Å². The average Bonchev–Trinajstić information content (AvgIpc) is 3.12. The number of benzene rings is 1. The number of aromatic nitrogens is 2. The van der Waals surface area contributed by atoms with E-state index in [2.05, 4.69) is 15.3 Å². The van der Waals surface area contributed by atoms with Gasteiger partial charge in [0.1, 0.15) is 10.8 Å². The van der Waals surface area contributed by atoms with Gasteiger partial charge in [-0.15, -0.1) is 11.3 Å². The predicted octanol–water partition coefficient (Wildman–Crippen LogP) is 3.33. The van der Waals surface area contributed by atoms with Gasteiger partial charge in [0.25, 0.3) is 0 Å². The minimum absolute atomic E-state index is 0.0175. The number of ether oxygens (including phenoxy) is 1. The second kappa shape index (κ2) is 8.94. The third kappa shape index (κ3) is 5.39. The highest BCUT2D eigenvalue weighted by Crippen LogP contribution is 2.21. The van der Waals surface area contributed by atoms with Crippen LogP contribution in [0.2, 0.25) is 0 Å². The van der Waals surface area contributed by atoms with Crippen molar-refractivity contribution < 1.29 is 9.53 Å². The first-order valence-electron chi connectivity index (χ1n) is 8.11. The first kappa shape index (κ1) is 17.1. The standard InChI is InChI=1S/C19H19N3O2S/c23-18(10-13-24-16-6-2-1-3-7-16)21-12-9-15-14-25-19(22-15)17-8-4-5-11-20-17/h1-8,11,14H,9-10,12-13H2,(H,21,23). The van der Waals surface area contributed by atoms with E-state index in [4.69, 9.17) is 4.74 Å². The molecule has 0 atom stereocenters. The fraction of sp³-hybridized carbons (Fsp3) is 0.211. The number of hydrogen-bond donors (Lipinski definition) is 1. The van der Waals surface area contributed by atoms with Crippen molar-refractivity contribution >= 4 is 17.2 Å². The van der Waals surface area contributed by atoms with Crippen molar-refractivity contribution in [3.8, 4) is 16.5 Å². The van der Waals surface area contributed by atoms with E-state index in [9.17, 15) is 4.79 Å². The van der Waals surface area contributed by atoms with E-state index in [1.807, 2.05) is 53.9 Å². The number of rotatable bonds is 8. The van der Waals surface area contributed by atoms with E-state index < -0.39 is 0 Å². The van der Waals surface area contributed by atoms with Crippen LogP contribution in [0.15, 0.2) is 60.1 Å². The van der Waals surface area contributed by atoms with E-state index in [1.165, 1.54) is 0 Å². The number of hydrogen-bond acceptors (Lipinski definition) is 5. The molecule has 2 heterocycles. The summed E-state index contributed by atoms with van der Waals surface area (Å²) in [7, 11) is 0. The molecule has 1 N–H and O–H groups in total. The van der Waals surface area contributed by atoms with Crippen molar-refractivity contribution in [3.05, 3.63) is 65.8 Å². The zero-order chi connectivity index (χ0) is 17.3. The van der Waals surface area contributed by atoms with Crippen molar-refractivity contribution in [2.75, 3.05) is 13.2 Å². The van der Waals surface area contributed by atoms with Gasteiger partial charge in [0.15, 0.2) is 0 Å². The molecule has 6 heteroatoms. The van der Waals surface area contributed by atoms with Crippen LogP contribution in [0.1, 0.15) is 12.1 Å². The van der Waals surface area contributed by atoms with Gasteiger partial charge in [-0.1, -0.05) is 24.3 Å². The average molecular weight is 353 g/mol. The van der Waals surface area contributed by atoms with E-state index >= 15 is 0 Å². The number of pyridine rings is 1. The van der Waals surface area contributed by atoms with Crippen LogP contribution in [0.3, 0.4) is 0 Å². The lowest BCUT2D eigenvalue weighted by molar-refractivity contribution is -0.121. The van der Waals surface area contributed by atoms with E-state index in [-0.39, 0.29) is 5.91 Å². The number of para-hydroxylation sites is 1. The molecule has 0 unspecified atom stereocenters. The molecular weight excluding hydrogens is 334 g/mol. The Morgan fingerprint density at radius 1 is 1.12 bits per heavy atom. The molecule has 3 rings (SSSR count). The Bertz CT molecular complexity index is 791. The zero-order valence-corrected chi connectivity index (χ0v) is 14.5. The van der Waals surface area contributed by atoms with Gasteiger partial charge in [-0.05, 0) is 24.3 Å². The predicted molar refractivity (Wildman–Crippen MR) is 98.6 cm³/mol. The minimum atomic E-state index is -0.0175. The Morgan fingerprint density at radius 3 is 2.76 bits per heavy atom. The molecule has 1 aromatic carbocycles. The third-order valence-electron chi connectivity index (χ3n) is 3.48. The summed E-state index contributed by atoms with van der Waals surface area (Å²) in [6.45, 7) is 0.936. The fourth-order valence-electron chi connectivity index (χ4n) is 2.23. The zero-order valence-electron chi connectivity index (χ0n) is 13.7. The number of nitrogens with zero attached hydrogens (tertiary/aromatic N) is 2. The highest BCUT2D eigenvalue weighted by molar-refractivity contribution is 7.13. The van der Waals surface area contributed by atoms with Crippen LogP contribution in [0.4, 0.5) is 0 Å². The first-order chi connectivity index (χ1) is 12.3. The summed E-state index contributed by atoms with van der Waals surface area (Å²) < 4.78 is 5.52. The minimum Gasteiger partial charge on any atom is -0.493 e. The van der Waals surface area contributed by atoms with Crippen molar-refractivity contribution in [3.63, 3.8) is 0 Å². The molecule has 5 nitrogen and oxygen atoms in total. The molecule has 3 aromatic rings. The molecule has 1 amide bonds. The number of nitrogens with one attached hydrogen (secondary N) is 1. The van der Waals surface area contributed by atoms with Crippen molar-refractivity contribution in [1.29, 1.82) is 0 Å². The van der Waals surface area contributed by atoms with E-state index in [0.717, 1.165) is 22.1 Å². The molecule has 0 saturated heterocycles. The van der Waals surface area contributed by atoms with Gasteiger partial charge < -0.3 is 10.1 Å². The maximum absolute atomic E-state index is 11.8. The van der Waals surface area contributed by atoms with E-state index in [1.54, 1.807) is 17.5 Å². The maximum Gasteiger partial charge on any atom is 0.223 e. The molecule has 0 radical (unpaired) electrons. The quantitative estimate of drug-likeness (QED) is 0.675. The monoisotopic (exact) mass is 353 g/mol. The number of thiazole rings is 1. The molecular formula is C19H19N3O2S. The Kier molecular flexibility index (Phi) is 6.11. The molecule has 2 aromatic heterocycles. The largest absolute Gasteiger partial charge is 0.493 e. The Labute approximate surface area is 150 Å². The normalized spacial score (nSPS) is 10.4. The van der Waals surface area contributed by atoms with Crippen LogP contribution in [0.25, 0.3) is 10.7 Å². The summed E-state index contributed by atoms with van der Waals surface area (Å²) >= 11 is 1.57. The first-order valence-corrected chi connectivity index (χ1v) is 8.99. The SMILES string of the molecule is O=C(CCOc1ccccc1)NCCc1csc(-c2ccccn2)n1. The summed E-state index contributed by atoms with van der Waals surface area (Å²) in [5.74, 6) is 0.760. The lowest BCUT2D eigenvalue weighted by Gasteiger charge is -2.06. The van der Waals surface area contributed by atoms with Crippen LogP contribution in [0, 0.1) is 0 Å². The smallest absolute Gasteiger partial charge is 0.223 e.